The van der Waals surface area contributed by atoms with Gasteiger partial charge in [0.05, 0.1) is 0 Å². The van der Waals surface area contributed by atoms with Crippen LogP contribution in [0.2, 0.25) is 0 Å². The summed E-state index contributed by atoms with van der Waals surface area (Å²) in [6.07, 6.45) is -0.938. The van der Waals surface area contributed by atoms with Crippen LogP contribution in [0.5, 0.6) is 0 Å². The van der Waals surface area contributed by atoms with Crippen molar-refractivity contribution in [2.24, 2.45) is 5.92 Å². The van der Waals surface area contributed by atoms with Gasteiger partial charge in [-0.3, -0.25) is 0 Å². The van der Waals surface area contributed by atoms with E-state index < -0.39 is 12.0 Å². The third-order valence-corrected chi connectivity index (χ3v) is 2.17. The Labute approximate surface area is 80.8 Å². The summed E-state index contributed by atoms with van der Waals surface area (Å²) < 4.78 is 38.2. The molecule has 5 heteroatoms. The van der Waals surface area contributed by atoms with E-state index in [0.29, 0.717) is 6.54 Å². The van der Waals surface area contributed by atoms with Gasteiger partial charge in [-0.2, -0.15) is 13.2 Å². The van der Waals surface area contributed by atoms with E-state index in [1.54, 1.807) is 0 Å². The Balaban J connectivity index is 2.83. The lowest BCUT2D eigenvalue weighted by molar-refractivity contribution is -0.147. The van der Waals surface area contributed by atoms with Crippen molar-refractivity contribution in [2.75, 3.05) is 0 Å². The molecule has 14 heavy (non-hydrogen) atoms. The molecule has 0 aliphatic heterocycles. The van der Waals surface area contributed by atoms with E-state index in [1.807, 2.05) is 13.8 Å². The maximum Gasteiger partial charge on any atom is 0.449 e. The molecule has 0 N–H and O–H groups in total. The van der Waals surface area contributed by atoms with Gasteiger partial charge in [0.2, 0.25) is 5.82 Å². The molecule has 80 valence electrons. The third-order valence-electron chi connectivity index (χ3n) is 2.17. The first kappa shape index (κ1) is 11.1. The maximum absolute atomic E-state index is 12.4. The molecule has 1 aromatic rings. The van der Waals surface area contributed by atoms with Gasteiger partial charge < -0.3 is 4.57 Å². The number of hydrogen-bond donors (Lipinski definition) is 0. The van der Waals surface area contributed by atoms with Crippen molar-refractivity contribution in [3.05, 3.63) is 18.2 Å². The zero-order valence-corrected chi connectivity index (χ0v) is 8.17. The molecule has 0 aliphatic rings. The summed E-state index contributed by atoms with van der Waals surface area (Å²) >= 11 is 0. The van der Waals surface area contributed by atoms with Crippen LogP contribution in [0, 0.1) is 5.92 Å². The Bertz CT molecular complexity index is 290. The van der Waals surface area contributed by atoms with E-state index in [-0.39, 0.29) is 5.92 Å². The van der Waals surface area contributed by atoms with Gasteiger partial charge in [0.25, 0.3) is 0 Å². The molecule has 0 amide bonds. The van der Waals surface area contributed by atoms with Crippen LogP contribution in [0.4, 0.5) is 13.2 Å². The molecule has 1 heterocycles. The summed E-state index contributed by atoms with van der Waals surface area (Å²) in [4.78, 5) is 3.31. The minimum absolute atomic E-state index is 0.227. The molecule has 0 radical (unpaired) electrons. The van der Waals surface area contributed by atoms with Crippen LogP contribution >= 0.6 is 0 Å². The highest BCUT2D eigenvalue weighted by atomic mass is 19.4. The van der Waals surface area contributed by atoms with Gasteiger partial charge >= 0.3 is 6.18 Å². The highest BCUT2D eigenvalue weighted by Gasteiger charge is 2.36. The van der Waals surface area contributed by atoms with Crippen LogP contribution in [-0.2, 0) is 12.7 Å². The number of nitrogens with zero attached hydrogens (tertiary/aromatic N) is 2. The fraction of sp³-hybridized carbons (Fsp3) is 0.667. The van der Waals surface area contributed by atoms with E-state index in [4.69, 9.17) is 0 Å². The normalized spacial score (nSPS) is 14.4. The van der Waals surface area contributed by atoms with Gasteiger partial charge in [0.1, 0.15) is 0 Å². The molecule has 0 saturated heterocycles. The predicted molar refractivity (Wildman–Crippen MR) is 46.7 cm³/mol. The number of halogens is 3. The quantitative estimate of drug-likeness (QED) is 0.743. The highest BCUT2D eigenvalue weighted by Crippen LogP contribution is 2.28. The van der Waals surface area contributed by atoms with Crippen LogP contribution in [-0.4, -0.2) is 9.55 Å². The van der Waals surface area contributed by atoms with Crippen molar-refractivity contribution in [1.82, 2.24) is 9.55 Å². The summed E-state index contributed by atoms with van der Waals surface area (Å²) in [6.45, 7) is 4.24. The van der Waals surface area contributed by atoms with Crippen molar-refractivity contribution in [2.45, 2.75) is 33.0 Å². The number of alkyl halides is 3. The van der Waals surface area contributed by atoms with Crippen molar-refractivity contribution in [3.63, 3.8) is 0 Å². The van der Waals surface area contributed by atoms with Gasteiger partial charge in [0.15, 0.2) is 0 Å². The Kier molecular flexibility index (Phi) is 3.18. The Hall–Kier alpha value is -1.00. The summed E-state index contributed by atoms with van der Waals surface area (Å²) in [7, 11) is 0. The van der Waals surface area contributed by atoms with Crippen LogP contribution in [0.15, 0.2) is 12.4 Å². The average molecular weight is 206 g/mol. The third kappa shape index (κ3) is 2.49. The Morgan fingerprint density at radius 3 is 2.64 bits per heavy atom. The molecular weight excluding hydrogens is 193 g/mol. The number of rotatable bonds is 3. The second-order valence-electron chi connectivity index (χ2n) is 3.41. The number of imidazole rings is 1. The van der Waals surface area contributed by atoms with Crippen molar-refractivity contribution in [3.8, 4) is 0 Å². The molecule has 2 nitrogen and oxygen atoms in total. The second-order valence-corrected chi connectivity index (χ2v) is 3.41. The summed E-state index contributed by atoms with van der Waals surface area (Å²) in [5.41, 5.74) is 0. The molecule has 0 spiro atoms. The molecule has 1 rings (SSSR count). The van der Waals surface area contributed by atoms with E-state index in [0.717, 1.165) is 11.0 Å². The number of hydrogen-bond acceptors (Lipinski definition) is 1. The molecule has 0 aromatic carbocycles. The van der Waals surface area contributed by atoms with Crippen LogP contribution in [0.3, 0.4) is 0 Å². The Morgan fingerprint density at radius 1 is 1.50 bits per heavy atom. The molecule has 1 unspecified atom stereocenters. The molecule has 0 fully saturated rings. The largest absolute Gasteiger partial charge is 0.449 e. The van der Waals surface area contributed by atoms with Crippen LogP contribution in [0.25, 0.3) is 0 Å². The number of aromatic nitrogens is 2. The maximum atomic E-state index is 12.4. The van der Waals surface area contributed by atoms with Gasteiger partial charge in [-0.15, -0.1) is 0 Å². The molecule has 0 saturated carbocycles. The topological polar surface area (TPSA) is 17.8 Å². The SMILES string of the molecule is CCC(C)Cn1ccnc1C(F)(F)F. The predicted octanol–water partition coefficient (Wildman–Crippen LogP) is 2.95. The fourth-order valence-corrected chi connectivity index (χ4v) is 1.18. The lowest BCUT2D eigenvalue weighted by Crippen LogP contribution is -2.17. The molecule has 1 aromatic heterocycles. The minimum atomic E-state index is -4.35. The van der Waals surface area contributed by atoms with Gasteiger partial charge in [-0.1, -0.05) is 20.3 Å². The van der Waals surface area contributed by atoms with E-state index in [1.165, 1.54) is 12.4 Å². The highest BCUT2D eigenvalue weighted by molar-refractivity contribution is 4.96. The average Bonchev–Trinajstić information content (AvgIpc) is 2.51. The Morgan fingerprint density at radius 2 is 2.14 bits per heavy atom. The minimum Gasteiger partial charge on any atom is -0.327 e. The first-order valence-electron chi connectivity index (χ1n) is 4.53. The zero-order chi connectivity index (χ0) is 10.8. The smallest absolute Gasteiger partial charge is 0.327 e. The fourth-order valence-electron chi connectivity index (χ4n) is 1.18. The van der Waals surface area contributed by atoms with E-state index in [2.05, 4.69) is 4.98 Å². The summed E-state index contributed by atoms with van der Waals surface area (Å²) in [5, 5.41) is 0. The first-order chi connectivity index (χ1) is 6.45. The van der Waals surface area contributed by atoms with Crippen LogP contribution < -0.4 is 0 Å². The molecule has 1 atom stereocenters. The van der Waals surface area contributed by atoms with Crippen molar-refractivity contribution < 1.29 is 13.2 Å². The lowest BCUT2D eigenvalue weighted by atomic mass is 10.1. The van der Waals surface area contributed by atoms with Crippen molar-refractivity contribution >= 4 is 0 Å². The van der Waals surface area contributed by atoms with Gasteiger partial charge in [0, 0.05) is 18.9 Å². The van der Waals surface area contributed by atoms with Gasteiger partial charge in [-0.25, -0.2) is 4.98 Å². The standard InChI is InChI=1S/C9H13F3N2/c1-3-7(2)6-14-5-4-13-8(14)9(10,11)12/h4-5,7H,3,6H2,1-2H3. The van der Waals surface area contributed by atoms with E-state index in [9.17, 15) is 13.2 Å². The summed E-state index contributed by atoms with van der Waals surface area (Å²) in [5.74, 6) is -0.580. The zero-order valence-electron chi connectivity index (χ0n) is 8.17. The van der Waals surface area contributed by atoms with Crippen LogP contribution in [0.1, 0.15) is 26.1 Å². The van der Waals surface area contributed by atoms with Gasteiger partial charge in [-0.05, 0) is 5.92 Å². The lowest BCUT2D eigenvalue weighted by Gasteiger charge is -2.13. The van der Waals surface area contributed by atoms with Crippen molar-refractivity contribution in [1.29, 1.82) is 0 Å². The molecule has 0 aliphatic carbocycles. The summed E-state index contributed by atoms with van der Waals surface area (Å²) in [6, 6.07) is 0. The molecular formula is C9H13F3N2. The second kappa shape index (κ2) is 4.02. The first-order valence-corrected chi connectivity index (χ1v) is 4.53. The van der Waals surface area contributed by atoms with E-state index >= 15 is 0 Å². The molecule has 0 bridgehead atoms. The monoisotopic (exact) mass is 206 g/mol.